The number of benzene rings is 1. The second-order valence-electron chi connectivity index (χ2n) is 5.08. The molecule has 0 radical (unpaired) electrons. The van der Waals surface area contributed by atoms with Crippen molar-refractivity contribution in [3.8, 4) is 5.75 Å². The highest BCUT2D eigenvalue weighted by atomic mass is 16.5. The Labute approximate surface area is 118 Å². The van der Waals surface area contributed by atoms with Crippen LogP contribution in [0.15, 0.2) is 24.3 Å². The van der Waals surface area contributed by atoms with Crippen molar-refractivity contribution in [1.82, 2.24) is 5.32 Å². The van der Waals surface area contributed by atoms with Gasteiger partial charge in [0.15, 0.2) is 0 Å². The zero-order chi connectivity index (χ0) is 14.5. The molecule has 0 aromatic heterocycles. The van der Waals surface area contributed by atoms with Crippen LogP contribution in [0, 0.1) is 0 Å². The Balaban J connectivity index is 1.95. The molecule has 0 atom stereocenters. The summed E-state index contributed by atoms with van der Waals surface area (Å²) >= 11 is 0. The summed E-state index contributed by atoms with van der Waals surface area (Å²) in [5, 5.41) is 2.79. The minimum Gasteiger partial charge on any atom is -0.490 e. The van der Waals surface area contributed by atoms with Crippen LogP contribution >= 0.6 is 0 Å². The first-order chi connectivity index (χ1) is 9.58. The molecular weight excluding hydrogens is 256 g/mol. The Hall–Kier alpha value is -2.04. The molecule has 0 bridgehead atoms. The molecule has 5 nitrogen and oxygen atoms in total. The fourth-order valence-corrected chi connectivity index (χ4v) is 2.18. The first-order valence-electron chi connectivity index (χ1n) is 6.89. The number of nitrogens with zero attached hydrogens (tertiary/aromatic N) is 1. The van der Waals surface area contributed by atoms with Crippen LogP contribution in [-0.2, 0) is 9.59 Å². The summed E-state index contributed by atoms with van der Waals surface area (Å²) in [7, 11) is 0. The summed E-state index contributed by atoms with van der Waals surface area (Å²) in [5.74, 6) is 0.591. The van der Waals surface area contributed by atoms with E-state index in [1.165, 1.54) is 0 Å². The maximum absolute atomic E-state index is 12.2. The Kier molecular flexibility index (Phi) is 4.61. The van der Waals surface area contributed by atoms with E-state index in [0.717, 1.165) is 11.4 Å². The molecule has 0 spiro atoms. The van der Waals surface area contributed by atoms with Gasteiger partial charge in [-0.1, -0.05) is 12.1 Å². The van der Waals surface area contributed by atoms with Gasteiger partial charge in [-0.3, -0.25) is 9.59 Å². The average molecular weight is 276 g/mol. The minimum absolute atomic E-state index is 0.0420. The standard InChI is InChI=1S/C15H20N2O3/c1-11(2)16-14(18)7-8-15(19)17-9-10-20-13-6-4-3-5-12(13)17/h3-6,11H,7-10H2,1-2H3,(H,16,18). The third-order valence-electron chi connectivity index (χ3n) is 3.05. The van der Waals surface area contributed by atoms with Gasteiger partial charge in [0.2, 0.25) is 11.8 Å². The third kappa shape index (κ3) is 3.50. The van der Waals surface area contributed by atoms with Crippen molar-refractivity contribution in [3.05, 3.63) is 24.3 Å². The van der Waals surface area contributed by atoms with Crippen LogP contribution in [0.3, 0.4) is 0 Å². The lowest BCUT2D eigenvalue weighted by atomic mass is 10.2. The number of carbonyl (C=O) groups is 2. The molecule has 1 aliphatic heterocycles. The molecule has 0 fully saturated rings. The van der Waals surface area contributed by atoms with Gasteiger partial charge < -0.3 is 15.0 Å². The summed E-state index contributed by atoms with van der Waals surface area (Å²) in [6.45, 7) is 4.82. The van der Waals surface area contributed by atoms with Crippen LogP contribution in [0.1, 0.15) is 26.7 Å². The van der Waals surface area contributed by atoms with Gasteiger partial charge in [-0.15, -0.1) is 0 Å². The molecule has 0 aliphatic carbocycles. The Morgan fingerprint density at radius 1 is 1.30 bits per heavy atom. The number of ether oxygens (including phenoxy) is 1. The molecule has 5 heteroatoms. The number of rotatable bonds is 4. The molecule has 1 N–H and O–H groups in total. The maximum atomic E-state index is 12.2. The lowest BCUT2D eigenvalue weighted by Gasteiger charge is -2.29. The van der Waals surface area contributed by atoms with Gasteiger partial charge >= 0.3 is 0 Å². The second kappa shape index (κ2) is 6.41. The smallest absolute Gasteiger partial charge is 0.227 e. The second-order valence-corrected chi connectivity index (χ2v) is 5.08. The van der Waals surface area contributed by atoms with Crippen LogP contribution < -0.4 is 15.0 Å². The molecule has 1 aliphatic rings. The maximum Gasteiger partial charge on any atom is 0.227 e. The fourth-order valence-electron chi connectivity index (χ4n) is 2.18. The number of hydrogen-bond donors (Lipinski definition) is 1. The van der Waals surface area contributed by atoms with Gasteiger partial charge in [-0.25, -0.2) is 0 Å². The number of anilines is 1. The Bertz CT molecular complexity index is 500. The van der Waals surface area contributed by atoms with Crippen LogP contribution in [-0.4, -0.2) is 31.0 Å². The van der Waals surface area contributed by atoms with Crippen LogP contribution in [0.25, 0.3) is 0 Å². The molecular formula is C15H20N2O3. The van der Waals surface area contributed by atoms with E-state index in [1.54, 1.807) is 4.90 Å². The summed E-state index contributed by atoms with van der Waals surface area (Å²) in [6, 6.07) is 7.56. The highest BCUT2D eigenvalue weighted by molar-refractivity contribution is 5.97. The number of carbonyl (C=O) groups excluding carboxylic acids is 2. The third-order valence-corrected chi connectivity index (χ3v) is 3.05. The SMILES string of the molecule is CC(C)NC(=O)CCC(=O)N1CCOc2ccccc21. The van der Waals surface area contributed by atoms with E-state index in [4.69, 9.17) is 4.74 Å². The summed E-state index contributed by atoms with van der Waals surface area (Å²) < 4.78 is 5.51. The highest BCUT2D eigenvalue weighted by Gasteiger charge is 2.23. The molecule has 1 aromatic rings. The van der Waals surface area contributed by atoms with Crippen molar-refractivity contribution in [3.63, 3.8) is 0 Å². The lowest BCUT2D eigenvalue weighted by Crippen LogP contribution is -2.38. The van der Waals surface area contributed by atoms with Gasteiger partial charge in [-0.2, -0.15) is 0 Å². The van der Waals surface area contributed by atoms with Crippen molar-refractivity contribution < 1.29 is 14.3 Å². The number of nitrogens with one attached hydrogen (secondary N) is 1. The van der Waals surface area contributed by atoms with Crippen LogP contribution in [0.5, 0.6) is 5.75 Å². The van der Waals surface area contributed by atoms with E-state index >= 15 is 0 Å². The molecule has 2 rings (SSSR count). The van der Waals surface area contributed by atoms with Crippen LogP contribution in [0.4, 0.5) is 5.69 Å². The van der Waals surface area contributed by atoms with Crippen LogP contribution in [0.2, 0.25) is 0 Å². The largest absolute Gasteiger partial charge is 0.490 e. The van der Waals surface area contributed by atoms with Gasteiger partial charge in [0.25, 0.3) is 0 Å². The fraction of sp³-hybridized carbons (Fsp3) is 0.467. The Morgan fingerprint density at radius 2 is 2.05 bits per heavy atom. The van der Waals surface area contributed by atoms with Gasteiger partial charge in [0, 0.05) is 18.9 Å². The molecule has 1 aromatic carbocycles. The van der Waals surface area contributed by atoms with Crippen molar-refractivity contribution in [2.45, 2.75) is 32.7 Å². The van der Waals surface area contributed by atoms with Crippen molar-refractivity contribution >= 4 is 17.5 Å². The first-order valence-corrected chi connectivity index (χ1v) is 6.89. The van der Waals surface area contributed by atoms with Gasteiger partial charge in [-0.05, 0) is 26.0 Å². The lowest BCUT2D eigenvalue weighted by molar-refractivity contribution is -0.125. The average Bonchev–Trinajstić information content (AvgIpc) is 2.43. The molecule has 0 saturated carbocycles. The number of amides is 2. The first kappa shape index (κ1) is 14.4. The van der Waals surface area contributed by atoms with E-state index < -0.39 is 0 Å². The van der Waals surface area contributed by atoms with E-state index in [0.29, 0.717) is 13.2 Å². The predicted octanol–water partition coefficient (Wildman–Crippen LogP) is 1.72. The zero-order valence-corrected chi connectivity index (χ0v) is 11.9. The normalized spacial score (nSPS) is 13.7. The number of fused-ring (bicyclic) bond motifs is 1. The summed E-state index contributed by atoms with van der Waals surface area (Å²) in [4.78, 5) is 25.5. The van der Waals surface area contributed by atoms with Crippen molar-refractivity contribution in [1.29, 1.82) is 0 Å². The van der Waals surface area contributed by atoms with Gasteiger partial charge in [0.1, 0.15) is 12.4 Å². The molecule has 0 saturated heterocycles. The molecule has 1 heterocycles. The zero-order valence-electron chi connectivity index (χ0n) is 11.9. The molecule has 0 unspecified atom stereocenters. The quantitative estimate of drug-likeness (QED) is 0.911. The van der Waals surface area contributed by atoms with E-state index in [2.05, 4.69) is 5.32 Å². The molecule has 108 valence electrons. The van der Waals surface area contributed by atoms with E-state index in [1.807, 2.05) is 38.1 Å². The highest BCUT2D eigenvalue weighted by Crippen LogP contribution is 2.31. The summed E-state index contributed by atoms with van der Waals surface area (Å²) in [6.07, 6.45) is 0.434. The monoisotopic (exact) mass is 276 g/mol. The van der Waals surface area contributed by atoms with E-state index in [-0.39, 0.29) is 30.7 Å². The van der Waals surface area contributed by atoms with E-state index in [9.17, 15) is 9.59 Å². The number of para-hydroxylation sites is 2. The summed E-state index contributed by atoms with van der Waals surface area (Å²) in [5.41, 5.74) is 0.785. The number of hydrogen-bond acceptors (Lipinski definition) is 3. The van der Waals surface area contributed by atoms with Crippen molar-refractivity contribution in [2.75, 3.05) is 18.1 Å². The molecule has 20 heavy (non-hydrogen) atoms. The van der Waals surface area contributed by atoms with Crippen molar-refractivity contribution in [2.24, 2.45) is 0 Å². The topological polar surface area (TPSA) is 58.6 Å². The molecule has 2 amide bonds. The Morgan fingerprint density at radius 3 is 2.80 bits per heavy atom. The predicted molar refractivity (Wildman–Crippen MR) is 76.8 cm³/mol. The van der Waals surface area contributed by atoms with Gasteiger partial charge in [0.05, 0.1) is 12.2 Å². The minimum atomic E-state index is -0.0881.